The van der Waals surface area contributed by atoms with E-state index in [1.165, 1.54) is 0 Å². The van der Waals surface area contributed by atoms with Crippen LogP contribution in [0.2, 0.25) is 0 Å². The van der Waals surface area contributed by atoms with E-state index < -0.39 is 15.0 Å². The molecule has 0 saturated heterocycles. The third-order valence-electron chi connectivity index (χ3n) is 3.28. The third kappa shape index (κ3) is 3.97. The van der Waals surface area contributed by atoms with Crippen molar-refractivity contribution < 1.29 is 17.9 Å². The summed E-state index contributed by atoms with van der Waals surface area (Å²) in [5.41, 5.74) is 0.163. The van der Waals surface area contributed by atoms with Crippen molar-refractivity contribution in [3.63, 3.8) is 0 Å². The van der Waals surface area contributed by atoms with Gasteiger partial charge in [0, 0.05) is 16.6 Å². The van der Waals surface area contributed by atoms with Crippen LogP contribution >= 0.6 is 10.7 Å². The van der Waals surface area contributed by atoms with Crippen molar-refractivity contribution in [3.8, 4) is 0 Å². The van der Waals surface area contributed by atoms with E-state index in [0.29, 0.717) is 18.0 Å². The molecule has 1 fully saturated rings. The maximum absolute atomic E-state index is 12.1. The molecule has 0 amide bonds. The quantitative estimate of drug-likeness (QED) is 0.638. The number of hydrogen-bond donors (Lipinski definition) is 1. The Kier molecular flexibility index (Phi) is 4.63. The summed E-state index contributed by atoms with van der Waals surface area (Å²) in [4.78, 5) is 11.9. The van der Waals surface area contributed by atoms with Crippen molar-refractivity contribution >= 4 is 25.7 Å². The standard InChI is InChI=1S/C13H19ClN2O4S/c1-7(2)6-8(3)20-13(17)11-12(21(14,18)19)10(15-16-11)9-4-5-9/h7-9H,4-6H2,1-3H3,(H,15,16). The molecule has 0 aromatic carbocycles. The molecule has 1 saturated carbocycles. The number of carbonyl (C=O) groups excluding carboxylic acids is 1. The number of esters is 1. The Morgan fingerprint density at radius 1 is 1.43 bits per heavy atom. The fourth-order valence-electron chi connectivity index (χ4n) is 2.33. The Bertz CT molecular complexity index is 635. The van der Waals surface area contributed by atoms with Crippen LogP contribution in [-0.2, 0) is 13.8 Å². The normalized spacial score (nSPS) is 17.0. The molecule has 1 N–H and O–H groups in total. The van der Waals surface area contributed by atoms with Gasteiger partial charge in [-0.15, -0.1) is 0 Å². The Balaban J connectivity index is 2.25. The van der Waals surface area contributed by atoms with Crippen LogP contribution in [0.3, 0.4) is 0 Å². The van der Waals surface area contributed by atoms with Crippen molar-refractivity contribution in [2.75, 3.05) is 0 Å². The van der Waals surface area contributed by atoms with Crippen LogP contribution in [0.25, 0.3) is 0 Å². The Morgan fingerprint density at radius 3 is 2.52 bits per heavy atom. The van der Waals surface area contributed by atoms with Crippen molar-refractivity contribution in [2.24, 2.45) is 5.92 Å². The van der Waals surface area contributed by atoms with E-state index in [4.69, 9.17) is 15.4 Å². The van der Waals surface area contributed by atoms with Crippen molar-refractivity contribution in [1.82, 2.24) is 10.2 Å². The summed E-state index contributed by atoms with van der Waals surface area (Å²) in [5.74, 6) is -0.313. The van der Waals surface area contributed by atoms with E-state index in [9.17, 15) is 13.2 Å². The maximum atomic E-state index is 12.1. The number of rotatable bonds is 6. The van der Waals surface area contributed by atoms with Crippen molar-refractivity contribution in [2.45, 2.75) is 57.0 Å². The molecule has 21 heavy (non-hydrogen) atoms. The fourth-order valence-corrected chi connectivity index (χ4v) is 3.63. The molecule has 1 unspecified atom stereocenters. The number of aromatic nitrogens is 2. The van der Waals surface area contributed by atoms with Crippen LogP contribution in [0.5, 0.6) is 0 Å². The third-order valence-corrected chi connectivity index (χ3v) is 4.65. The lowest BCUT2D eigenvalue weighted by Crippen LogP contribution is -2.18. The summed E-state index contributed by atoms with van der Waals surface area (Å²) in [6, 6.07) is 0. The van der Waals surface area contributed by atoms with E-state index >= 15 is 0 Å². The number of nitrogens with one attached hydrogen (secondary N) is 1. The van der Waals surface area contributed by atoms with Crippen LogP contribution in [0.15, 0.2) is 4.90 Å². The SMILES string of the molecule is CC(C)CC(C)OC(=O)c1n[nH]c(C2CC2)c1S(=O)(=O)Cl. The van der Waals surface area contributed by atoms with E-state index in [-0.39, 0.29) is 22.6 Å². The average Bonchev–Trinajstić information content (AvgIpc) is 3.04. The number of hydrogen-bond acceptors (Lipinski definition) is 5. The topological polar surface area (TPSA) is 89.1 Å². The van der Waals surface area contributed by atoms with E-state index in [1.807, 2.05) is 13.8 Å². The molecule has 1 heterocycles. The molecule has 1 atom stereocenters. The number of nitrogens with zero attached hydrogens (tertiary/aromatic N) is 1. The zero-order valence-corrected chi connectivity index (χ0v) is 13.8. The molecule has 0 aliphatic heterocycles. The molecular formula is C13H19ClN2O4S. The summed E-state index contributed by atoms with van der Waals surface area (Å²) < 4.78 is 28.7. The number of halogens is 1. The maximum Gasteiger partial charge on any atom is 0.360 e. The molecule has 8 heteroatoms. The van der Waals surface area contributed by atoms with Crippen LogP contribution in [0.1, 0.15) is 62.1 Å². The first-order valence-electron chi connectivity index (χ1n) is 6.94. The lowest BCUT2D eigenvalue weighted by molar-refractivity contribution is 0.0288. The zero-order chi connectivity index (χ0) is 15.8. The first-order valence-corrected chi connectivity index (χ1v) is 9.25. The Labute approximate surface area is 128 Å². The van der Waals surface area contributed by atoms with Gasteiger partial charge in [-0.1, -0.05) is 13.8 Å². The molecule has 1 aromatic rings. The molecule has 1 aliphatic carbocycles. The van der Waals surface area contributed by atoms with Gasteiger partial charge in [0.2, 0.25) is 0 Å². The summed E-state index contributed by atoms with van der Waals surface area (Å²) in [6.45, 7) is 5.79. The average molecular weight is 335 g/mol. The van der Waals surface area contributed by atoms with Gasteiger partial charge < -0.3 is 4.74 Å². The summed E-state index contributed by atoms with van der Waals surface area (Å²) >= 11 is 0. The van der Waals surface area contributed by atoms with Gasteiger partial charge in [-0.05, 0) is 32.1 Å². The van der Waals surface area contributed by atoms with E-state index in [0.717, 1.165) is 12.8 Å². The molecular weight excluding hydrogens is 316 g/mol. The number of carbonyl (C=O) groups is 1. The second kappa shape index (κ2) is 5.96. The predicted molar refractivity (Wildman–Crippen MR) is 77.9 cm³/mol. The fraction of sp³-hybridized carbons (Fsp3) is 0.692. The lowest BCUT2D eigenvalue weighted by Gasteiger charge is -2.14. The van der Waals surface area contributed by atoms with Crippen molar-refractivity contribution in [3.05, 3.63) is 11.4 Å². The second-order valence-corrected chi connectivity index (χ2v) is 8.38. The predicted octanol–water partition coefficient (Wildman–Crippen LogP) is 2.81. The van der Waals surface area contributed by atoms with Gasteiger partial charge >= 0.3 is 5.97 Å². The highest BCUT2D eigenvalue weighted by Gasteiger charge is 2.37. The minimum absolute atomic E-state index is 0.0793. The summed E-state index contributed by atoms with van der Waals surface area (Å²) in [7, 11) is 1.40. The van der Waals surface area contributed by atoms with Gasteiger partial charge in [-0.2, -0.15) is 5.10 Å². The Morgan fingerprint density at radius 2 is 2.05 bits per heavy atom. The highest BCUT2D eigenvalue weighted by Crippen LogP contribution is 2.43. The molecule has 1 aromatic heterocycles. The minimum atomic E-state index is -4.05. The smallest absolute Gasteiger partial charge is 0.360 e. The molecule has 0 spiro atoms. The first kappa shape index (κ1) is 16.3. The van der Waals surface area contributed by atoms with Gasteiger partial charge in [0.1, 0.15) is 4.90 Å². The van der Waals surface area contributed by atoms with Gasteiger partial charge in [0.15, 0.2) is 5.69 Å². The van der Waals surface area contributed by atoms with E-state index in [2.05, 4.69) is 10.2 Å². The largest absolute Gasteiger partial charge is 0.458 e. The van der Waals surface area contributed by atoms with Gasteiger partial charge in [-0.25, -0.2) is 13.2 Å². The summed E-state index contributed by atoms with van der Waals surface area (Å²) in [6.07, 6.45) is 2.10. The highest BCUT2D eigenvalue weighted by atomic mass is 35.7. The molecule has 6 nitrogen and oxygen atoms in total. The number of aromatic amines is 1. The molecule has 1 aliphatic rings. The van der Waals surface area contributed by atoms with Crippen LogP contribution < -0.4 is 0 Å². The van der Waals surface area contributed by atoms with E-state index in [1.54, 1.807) is 6.92 Å². The summed E-state index contributed by atoms with van der Waals surface area (Å²) in [5, 5.41) is 6.44. The molecule has 0 radical (unpaired) electrons. The van der Waals surface area contributed by atoms with Crippen molar-refractivity contribution in [1.29, 1.82) is 0 Å². The van der Waals surface area contributed by atoms with Gasteiger partial charge in [0.05, 0.1) is 11.8 Å². The monoisotopic (exact) mass is 334 g/mol. The van der Waals surface area contributed by atoms with Gasteiger partial charge in [0.25, 0.3) is 9.05 Å². The van der Waals surface area contributed by atoms with Gasteiger partial charge in [-0.3, -0.25) is 5.10 Å². The number of H-pyrrole nitrogens is 1. The molecule has 0 bridgehead atoms. The number of ether oxygens (including phenoxy) is 1. The van der Waals surface area contributed by atoms with Crippen LogP contribution in [0, 0.1) is 5.92 Å². The highest BCUT2D eigenvalue weighted by molar-refractivity contribution is 8.13. The van der Waals surface area contributed by atoms with Crippen LogP contribution in [-0.4, -0.2) is 30.7 Å². The molecule has 118 valence electrons. The van der Waals surface area contributed by atoms with Crippen LogP contribution in [0.4, 0.5) is 0 Å². The lowest BCUT2D eigenvalue weighted by atomic mass is 10.1. The first-order chi connectivity index (χ1) is 9.70. The zero-order valence-electron chi connectivity index (χ0n) is 12.2. The Hall–Kier alpha value is -1.08. The molecule has 2 rings (SSSR count). The second-order valence-electron chi connectivity index (χ2n) is 5.87. The minimum Gasteiger partial charge on any atom is -0.458 e.